The number of halogens is 2. The molecule has 0 radical (unpaired) electrons. The number of aliphatic imine (C=N–C) groups is 1. The number of rotatable bonds is 6. The Morgan fingerprint density at radius 2 is 1.93 bits per heavy atom. The van der Waals surface area contributed by atoms with Gasteiger partial charge in [-0.05, 0) is 71.6 Å². The molecule has 1 aliphatic rings. The number of anilines is 1. The molecule has 152 valence electrons. The zero-order chi connectivity index (χ0) is 21.1. The molecule has 0 saturated heterocycles. The molecule has 0 amide bonds. The molecule has 0 aromatic heterocycles. The second-order valence-electron chi connectivity index (χ2n) is 6.60. The van der Waals surface area contributed by atoms with Gasteiger partial charge in [-0.15, -0.1) is 0 Å². The van der Waals surface area contributed by atoms with Gasteiger partial charge in [-0.2, -0.15) is 0 Å². The number of hydrogen-bond donors (Lipinski definition) is 2. The van der Waals surface area contributed by atoms with Gasteiger partial charge in [0.15, 0.2) is 11.5 Å². The molecule has 2 aromatic carbocycles. The number of carboxylic acids is 1. The number of hydrogen-bond acceptors (Lipinski definition) is 5. The van der Waals surface area contributed by atoms with E-state index in [4.69, 9.17) is 21.1 Å². The average molecular weight is 480 g/mol. The van der Waals surface area contributed by atoms with Crippen molar-refractivity contribution in [2.45, 2.75) is 26.8 Å². The summed E-state index contributed by atoms with van der Waals surface area (Å²) in [4.78, 5) is 16.0. The van der Waals surface area contributed by atoms with Crippen molar-refractivity contribution in [3.05, 3.63) is 63.8 Å². The molecule has 1 atom stereocenters. The van der Waals surface area contributed by atoms with E-state index in [9.17, 15) is 9.90 Å². The highest BCUT2D eigenvalue weighted by molar-refractivity contribution is 9.18. The van der Waals surface area contributed by atoms with Crippen LogP contribution in [0.2, 0.25) is 5.02 Å². The predicted octanol–water partition coefficient (Wildman–Crippen LogP) is 5.70. The lowest BCUT2D eigenvalue weighted by Gasteiger charge is -2.23. The number of fused-ring (bicyclic) bond motifs is 1. The van der Waals surface area contributed by atoms with Crippen LogP contribution in [0.25, 0.3) is 0 Å². The molecule has 8 heteroatoms. The maximum atomic E-state index is 11.9. The minimum Gasteiger partial charge on any atom is -0.477 e. The van der Waals surface area contributed by atoms with E-state index in [0.29, 0.717) is 21.0 Å². The number of aliphatic carboxylic acids is 1. The molecular weight excluding hydrogens is 460 g/mol. The molecule has 6 nitrogen and oxygen atoms in total. The van der Waals surface area contributed by atoms with Gasteiger partial charge in [-0.25, -0.2) is 9.79 Å². The number of nitrogens with zero attached hydrogens (tertiary/aromatic N) is 1. The van der Waals surface area contributed by atoms with Gasteiger partial charge < -0.3 is 19.9 Å². The van der Waals surface area contributed by atoms with Gasteiger partial charge >= 0.3 is 5.97 Å². The Kier molecular flexibility index (Phi) is 6.49. The maximum Gasteiger partial charge on any atom is 0.354 e. The molecule has 29 heavy (non-hydrogen) atoms. The van der Waals surface area contributed by atoms with Crippen molar-refractivity contribution in [2.24, 2.45) is 4.99 Å². The number of nitrogens with one attached hydrogen (secondary N) is 1. The SMILES string of the molecule is CC(Br)=N/C(C(=O)O)=C(\C)C(Nc1cc(C)c2c(c1)OCO2)c1ccc(Cl)cc1. The highest BCUT2D eigenvalue weighted by atomic mass is 79.9. The summed E-state index contributed by atoms with van der Waals surface area (Å²) >= 11 is 9.26. The minimum atomic E-state index is -1.11. The lowest BCUT2D eigenvalue weighted by atomic mass is 9.97. The molecule has 3 rings (SSSR count). The summed E-state index contributed by atoms with van der Waals surface area (Å²) in [5, 5.41) is 13.7. The van der Waals surface area contributed by atoms with E-state index in [1.54, 1.807) is 26.0 Å². The molecule has 0 bridgehead atoms. The monoisotopic (exact) mass is 478 g/mol. The number of carbonyl (C=O) groups is 1. The molecule has 1 heterocycles. The van der Waals surface area contributed by atoms with E-state index < -0.39 is 12.0 Å². The summed E-state index contributed by atoms with van der Waals surface area (Å²) < 4.78 is 11.5. The summed E-state index contributed by atoms with van der Waals surface area (Å²) in [5.41, 5.74) is 3.06. The van der Waals surface area contributed by atoms with Gasteiger partial charge in [0, 0.05) is 16.8 Å². The Morgan fingerprint density at radius 1 is 1.24 bits per heavy atom. The van der Waals surface area contributed by atoms with Crippen LogP contribution in [0.5, 0.6) is 11.5 Å². The number of carboxylic acid groups (broad SMARTS) is 1. The van der Waals surface area contributed by atoms with Crippen LogP contribution in [0.1, 0.15) is 31.0 Å². The predicted molar refractivity (Wildman–Crippen MR) is 117 cm³/mol. The quantitative estimate of drug-likeness (QED) is 0.410. The van der Waals surface area contributed by atoms with Crippen LogP contribution in [0, 0.1) is 6.92 Å². The fourth-order valence-electron chi connectivity index (χ4n) is 3.13. The first-order chi connectivity index (χ1) is 13.8. The minimum absolute atomic E-state index is 0.0377. The second-order valence-corrected chi connectivity index (χ2v) is 8.19. The third-order valence-electron chi connectivity index (χ3n) is 4.45. The van der Waals surface area contributed by atoms with Gasteiger partial charge in [0.1, 0.15) is 5.70 Å². The van der Waals surface area contributed by atoms with Gasteiger partial charge in [-0.1, -0.05) is 23.7 Å². The van der Waals surface area contributed by atoms with Crippen molar-refractivity contribution in [1.82, 2.24) is 0 Å². The highest BCUT2D eigenvalue weighted by Crippen LogP contribution is 2.39. The molecule has 2 aromatic rings. The third kappa shape index (κ3) is 4.92. The van der Waals surface area contributed by atoms with Gasteiger partial charge in [0.05, 0.1) is 10.7 Å². The Hall–Kier alpha value is -2.51. The summed E-state index contributed by atoms with van der Waals surface area (Å²) in [5.74, 6) is 0.261. The van der Waals surface area contributed by atoms with E-state index in [1.807, 2.05) is 31.2 Å². The van der Waals surface area contributed by atoms with Crippen molar-refractivity contribution in [3.63, 3.8) is 0 Å². The first-order valence-electron chi connectivity index (χ1n) is 8.83. The Bertz CT molecular complexity index is 998. The summed E-state index contributed by atoms with van der Waals surface area (Å²) in [6.07, 6.45) is 0. The number of aryl methyl sites for hydroxylation is 1. The van der Waals surface area contributed by atoms with Crippen molar-refractivity contribution < 1.29 is 19.4 Å². The molecule has 1 unspecified atom stereocenters. The Labute approximate surface area is 182 Å². The van der Waals surface area contributed by atoms with Crippen molar-refractivity contribution in [3.8, 4) is 11.5 Å². The second kappa shape index (κ2) is 8.88. The zero-order valence-corrected chi connectivity index (χ0v) is 18.5. The average Bonchev–Trinajstić information content (AvgIpc) is 3.13. The fraction of sp³-hybridized carbons (Fsp3) is 0.238. The molecule has 0 fully saturated rings. The standard InChI is InChI=1S/C21H20BrClN2O4/c1-11-8-16(9-17-20(11)29-10-28-17)25-18(14-4-6-15(23)7-5-14)12(2)19(21(26)27)24-13(3)22/h4-9,18,25H,10H2,1-3H3,(H,26,27)/b19-12+,24-13?. The Balaban J connectivity index is 2.09. The van der Waals surface area contributed by atoms with E-state index in [-0.39, 0.29) is 12.5 Å². The maximum absolute atomic E-state index is 11.9. The van der Waals surface area contributed by atoms with Gasteiger partial charge in [-0.3, -0.25) is 0 Å². The van der Waals surface area contributed by atoms with Crippen LogP contribution in [0.3, 0.4) is 0 Å². The molecule has 2 N–H and O–H groups in total. The molecule has 0 aliphatic carbocycles. The largest absolute Gasteiger partial charge is 0.477 e. The normalized spacial score (nSPS) is 15.0. The first kappa shape index (κ1) is 21.2. The van der Waals surface area contributed by atoms with E-state index in [0.717, 1.165) is 22.6 Å². The summed E-state index contributed by atoms with van der Waals surface area (Å²) in [6, 6.07) is 10.6. The first-order valence-corrected chi connectivity index (χ1v) is 10.0. The topological polar surface area (TPSA) is 80.2 Å². The lowest BCUT2D eigenvalue weighted by Crippen LogP contribution is -2.16. The van der Waals surface area contributed by atoms with Crippen molar-refractivity contribution >= 4 is 43.8 Å². The molecule has 1 aliphatic heterocycles. The Morgan fingerprint density at radius 3 is 2.55 bits per heavy atom. The summed E-state index contributed by atoms with van der Waals surface area (Å²) in [7, 11) is 0. The number of ether oxygens (including phenoxy) is 2. The van der Waals surface area contributed by atoms with Crippen LogP contribution in [-0.4, -0.2) is 22.5 Å². The molecule has 0 spiro atoms. The van der Waals surface area contributed by atoms with Crippen LogP contribution in [0.15, 0.2) is 52.7 Å². The highest BCUT2D eigenvalue weighted by Gasteiger charge is 2.23. The van der Waals surface area contributed by atoms with Crippen LogP contribution >= 0.6 is 27.5 Å². The zero-order valence-electron chi connectivity index (χ0n) is 16.1. The van der Waals surface area contributed by atoms with Crippen LogP contribution in [0.4, 0.5) is 5.69 Å². The lowest BCUT2D eigenvalue weighted by molar-refractivity contribution is -0.132. The summed E-state index contributed by atoms with van der Waals surface area (Å²) in [6.45, 7) is 5.54. The molecular formula is C21H20BrClN2O4. The van der Waals surface area contributed by atoms with Crippen LogP contribution in [-0.2, 0) is 4.79 Å². The van der Waals surface area contributed by atoms with E-state index >= 15 is 0 Å². The third-order valence-corrected chi connectivity index (χ3v) is 4.88. The van der Waals surface area contributed by atoms with Gasteiger partial charge in [0.2, 0.25) is 6.79 Å². The van der Waals surface area contributed by atoms with Gasteiger partial charge in [0.25, 0.3) is 0 Å². The van der Waals surface area contributed by atoms with E-state index in [2.05, 4.69) is 26.2 Å². The van der Waals surface area contributed by atoms with Crippen LogP contribution < -0.4 is 14.8 Å². The fourth-order valence-corrected chi connectivity index (χ4v) is 3.43. The van der Waals surface area contributed by atoms with Crippen molar-refractivity contribution in [2.75, 3.05) is 12.1 Å². The van der Waals surface area contributed by atoms with E-state index in [1.165, 1.54) is 0 Å². The number of benzene rings is 2. The smallest absolute Gasteiger partial charge is 0.354 e. The van der Waals surface area contributed by atoms with Crippen molar-refractivity contribution in [1.29, 1.82) is 0 Å². The molecule has 0 saturated carbocycles.